The number of nitrogens with one attached hydrogen (secondary N) is 1. The van der Waals surface area contributed by atoms with E-state index in [-0.39, 0.29) is 11.3 Å². The quantitative estimate of drug-likeness (QED) is 0.877. The number of benzene rings is 1. The van der Waals surface area contributed by atoms with Gasteiger partial charge in [0.1, 0.15) is 5.75 Å². The van der Waals surface area contributed by atoms with Crippen molar-refractivity contribution in [3.05, 3.63) is 29.8 Å². The number of methoxy groups -OCH3 is 1. The van der Waals surface area contributed by atoms with E-state index >= 15 is 0 Å². The minimum absolute atomic E-state index is 0.118. The topological polar surface area (TPSA) is 41.6 Å². The number of amides is 1. The van der Waals surface area contributed by atoms with Gasteiger partial charge in [0.05, 0.1) is 13.0 Å². The monoisotopic (exact) mass is 304 g/mol. The molecular formula is C18H28N2O2. The van der Waals surface area contributed by atoms with Crippen LogP contribution in [0.1, 0.15) is 26.3 Å². The summed E-state index contributed by atoms with van der Waals surface area (Å²) in [5.41, 5.74) is 1.35. The van der Waals surface area contributed by atoms with Crippen LogP contribution in [0.25, 0.3) is 0 Å². The molecule has 4 heteroatoms. The van der Waals surface area contributed by atoms with Crippen LogP contribution >= 0.6 is 0 Å². The first-order valence-corrected chi connectivity index (χ1v) is 8.01. The Bertz CT molecular complexity index is 487. The first-order chi connectivity index (χ1) is 10.4. The van der Waals surface area contributed by atoms with E-state index in [0.29, 0.717) is 5.91 Å². The lowest BCUT2D eigenvalue weighted by molar-refractivity contribution is -0.138. The zero-order valence-corrected chi connectivity index (χ0v) is 14.2. The first-order valence-electron chi connectivity index (χ1n) is 8.01. The van der Waals surface area contributed by atoms with Crippen molar-refractivity contribution in [2.24, 2.45) is 11.3 Å². The van der Waals surface area contributed by atoms with Gasteiger partial charge in [0.15, 0.2) is 0 Å². The van der Waals surface area contributed by atoms with Crippen LogP contribution in [-0.4, -0.2) is 44.1 Å². The molecule has 1 aliphatic rings. The molecule has 0 spiro atoms. The number of carbonyl (C=O) groups is 1. The molecular weight excluding hydrogens is 276 g/mol. The summed E-state index contributed by atoms with van der Waals surface area (Å²) >= 11 is 0. The van der Waals surface area contributed by atoms with Crippen molar-refractivity contribution in [2.75, 3.05) is 33.3 Å². The summed E-state index contributed by atoms with van der Waals surface area (Å²) in [5, 5.41) is 3.18. The molecule has 2 rings (SSSR count). The standard InChI is InChI=1S/C18H28N2O2/c1-18(2,3)13-20(17(21)15-11-19-12-15)10-9-14-5-7-16(22-4)8-6-14/h5-8,15,19H,9-13H2,1-4H3. The number of rotatable bonds is 6. The molecule has 0 aliphatic carbocycles. The predicted octanol–water partition coefficient (Wildman–Crippen LogP) is 2.33. The van der Waals surface area contributed by atoms with Gasteiger partial charge < -0.3 is 15.0 Å². The largest absolute Gasteiger partial charge is 0.497 e. The molecule has 0 bridgehead atoms. The Morgan fingerprint density at radius 2 is 1.91 bits per heavy atom. The van der Waals surface area contributed by atoms with Gasteiger partial charge >= 0.3 is 0 Å². The van der Waals surface area contributed by atoms with Gasteiger partial charge in [-0.3, -0.25) is 4.79 Å². The van der Waals surface area contributed by atoms with Gasteiger partial charge in [0.25, 0.3) is 0 Å². The Hall–Kier alpha value is -1.55. The summed E-state index contributed by atoms with van der Waals surface area (Å²) in [5.74, 6) is 1.33. The van der Waals surface area contributed by atoms with E-state index in [1.807, 2.05) is 17.0 Å². The number of carbonyl (C=O) groups excluding carboxylic acids is 1. The number of hydrogen-bond donors (Lipinski definition) is 1. The van der Waals surface area contributed by atoms with Crippen molar-refractivity contribution in [1.82, 2.24) is 10.2 Å². The molecule has 0 radical (unpaired) electrons. The van der Waals surface area contributed by atoms with Gasteiger partial charge in [-0.25, -0.2) is 0 Å². The highest BCUT2D eigenvalue weighted by atomic mass is 16.5. The lowest BCUT2D eigenvalue weighted by Crippen LogP contribution is -2.53. The summed E-state index contributed by atoms with van der Waals surface area (Å²) in [6.45, 7) is 9.76. The highest BCUT2D eigenvalue weighted by Crippen LogP contribution is 2.19. The van der Waals surface area contributed by atoms with Gasteiger partial charge in [0.2, 0.25) is 5.91 Å². The highest BCUT2D eigenvalue weighted by Gasteiger charge is 2.30. The Balaban J connectivity index is 1.96. The Morgan fingerprint density at radius 3 is 2.36 bits per heavy atom. The average molecular weight is 304 g/mol. The van der Waals surface area contributed by atoms with E-state index in [1.54, 1.807) is 7.11 Å². The van der Waals surface area contributed by atoms with Crippen LogP contribution in [0, 0.1) is 11.3 Å². The third-order valence-corrected chi connectivity index (χ3v) is 3.94. The number of ether oxygens (including phenoxy) is 1. The number of nitrogens with zero attached hydrogens (tertiary/aromatic N) is 1. The number of hydrogen-bond acceptors (Lipinski definition) is 3. The van der Waals surface area contributed by atoms with Crippen molar-refractivity contribution in [1.29, 1.82) is 0 Å². The first kappa shape index (κ1) is 16.8. The second-order valence-corrected chi connectivity index (χ2v) is 7.27. The SMILES string of the molecule is COc1ccc(CCN(CC(C)(C)C)C(=O)C2CNC2)cc1. The molecule has 22 heavy (non-hydrogen) atoms. The molecule has 0 aromatic heterocycles. The van der Waals surface area contributed by atoms with Crippen molar-refractivity contribution < 1.29 is 9.53 Å². The third kappa shape index (κ3) is 4.73. The molecule has 1 saturated heterocycles. The third-order valence-electron chi connectivity index (χ3n) is 3.94. The van der Waals surface area contributed by atoms with Crippen LogP contribution in [0.2, 0.25) is 0 Å². The summed E-state index contributed by atoms with van der Waals surface area (Å²) in [6, 6.07) is 8.09. The molecule has 0 atom stereocenters. The van der Waals surface area contributed by atoms with Gasteiger partial charge in [-0.2, -0.15) is 0 Å². The normalized spacial score (nSPS) is 15.3. The molecule has 4 nitrogen and oxygen atoms in total. The molecule has 1 amide bonds. The second-order valence-electron chi connectivity index (χ2n) is 7.27. The molecule has 1 fully saturated rings. The summed E-state index contributed by atoms with van der Waals surface area (Å²) < 4.78 is 5.18. The van der Waals surface area contributed by atoms with E-state index in [9.17, 15) is 4.79 Å². The molecule has 0 saturated carbocycles. The molecule has 0 unspecified atom stereocenters. The van der Waals surface area contributed by atoms with Crippen LogP contribution in [-0.2, 0) is 11.2 Å². The second kappa shape index (κ2) is 7.14. The van der Waals surface area contributed by atoms with Crippen LogP contribution in [0.5, 0.6) is 5.75 Å². The van der Waals surface area contributed by atoms with E-state index < -0.39 is 0 Å². The molecule has 122 valence electrons. The van der Waals surface area contributed by atoms with Crippen molar-refractivity contribution in [2.45, 2.75) is 27.2 Å². The van der Waals surface area contributed by atoms with Gasteiger partial charge in [0, 0.05) is 26.2 Å². The maximum atomic E-state index is 12.6. The fourth-order valence-electron chi connectivity index (χ4n) is 2.62. The Kier molecular flexibility index (Phi) is 5.46. The summed E-state index contributed by atoms with van der Waals surface area (Å²) in [7, 11) is 1.67. The zero-order chi connectivity index (χ0) is 16.2. The maximum absolute atomic E-state index is 12.6. The van der Waals surface area contributed by atoms with Gasteiger partial charge in [-0.15, -0.1) is 0 Å². The van der Waals surface area contributed by atoms with E-state index in [1.165, 1.54) is 5.56 Å². The fourth-order valence-corrected chi connectivity index (χ4v) is 2.62. The molecule has 1 N–H and O–H groups in total. The fraction of sp³-hybridized carbons (Fsp3) is 0.611. The van der Waals surface area contributed by atoms with Crippen LogP contribution < -0.4 is 10.1 Å². The molecule has 1 aromatic carbocycles. The van der Waals surface area contributed by atoms with Crippen LogP contribution in [0.15, 0.2) is 24.3 Å². The van der Waals surface area contributed by atoms with Gasteiger partial charge in [-0.05, 0) is 29.5 Å². The average Bonchev–Trinajstić information content (AvgIpc) is 2.41. The van der Waals surface area contributed by atoms with E-state index in [4.69, 9.17) is 4.74 Å². The minimum atomic E-state index is 0.118. The minimum Gasteiger partial charge on any atom is -0.497 e. The highest BCUT2D eigenvalue weighted by molar-refractivity contribution is 5.80. The van der Waals surface area contributed by atoms with Crippen molar-refractivity contribution >= 4 is 5.91 Å². The smallest absolute Gasteiger partial charge is 0.228 e. The molecule has 1 aliphatic heterocycles. The molecule has 1 aromatic rings. The summed E-state index contributed by atoms with van der Waals surface area (Å²) in [6.07, 6.45) is 0.881. The lowest BCUT2D eigenvalue weighted by Gasteiger charge is -2.36. The maximum Gasteiger partial charge on any atom is 0.228 e. The molecule has 1 heterocycles. The predicted molar refractivity (Wildman–Crippen MR) is 89.1 cm³/mol. The van der Waals surface area contributed by atoms with E-state index in [2.05, 4.69) is 38.2 Å². The van der Waals surface area contributed by atoms with Crippen molar-refractivity contribution in [3.63, 3.8) is 0 Å². The van der Waals surface area contributed by atoms with Gasteiger partial charge in [-0.1, -0.05) is 32.9 Å². The van der Waals surface area contributed by atoms with Crippen LogP contribution in [0.4, 0.5) is 0 Å². The van der Waals surface area contributed by atoms with Crippen LogP contribution in [0.3, 0.4) is 0 Å². The lowest BCUT2D eigenvalue weighted by atomic mass is 9.94. The Labute approximate surface area is 133 Å². The van der Waals surface area contributed by atoms with Crippen molar-refractivity contribution in [3.8, 4) is 5.75 Å². The summed E-state index contributed by atoms with van der Waals surface area (Å²) in [4.78, 5) is 14.6. The zero-order valence-electron chi connectivity index (χ0n) is 14.2. The Morgan fingerprint density at radius 1 is 1.27 bits per heavy atom. The van der Waals surface area contributed by atoms with E-state index in [0.717, 1.165) is 38.3 Å².